The van der Waals surface area contributed by atoms with Crippen LogP contribution in [-0.2, 0) is 10.8 Å². The van der Waals surface area contributed by atoms with E-state index in [1.807, 2.05) is 11.3 Å². The van der Waals surface area contributed by atoms with Gasteiger partial charge in [-0.15, -0.1) is 17.8 Å². The van der Waals surface area contributed by atoms with Crippen LogP contribution in [0, 0.1) is 12.3 Å². The predicted molar refractivity (Wildman–Crippen MR) is 96.4 cm³/mol. The monoisotopic (exact) mass is 316 g/mol. The van der Waals surface area contributed by atoms with Crippen molar-refractivity contribution in [3.05, 3.63) is 35.2 Å². The van der Waals surface area contributed by atoms with Crippen LogP contribution >= 0.6 is 11.3 Å². The van der Waals surface area contributed by atoms with Crippen LogP contribution in [-0.4, -0.2) is 14.4 Å². The Morgan fingerprint density at radius 1 is 1.29 bits per heavy atom. The fourth-order valence-corrected chi connectivity index (χ4v) is 4.30. The van der Waals surface area contributed by atoms with Gasteiger partial charge in [-0.1, -0.05) is 44.9 Å². The van der Waals surface area contributed by atoms with E-state index in [0.29, 0.717) is 0 Å². The number of rotatable bonds is 4. The summed E-state index contributed by atoms with van der Waals surface area (Å²) in [6.45, 7) is 11.2. The van der Waals surface area contributed by atoms with Crippen molar-refractivity contribution in [2.24, 2.45) is 0 Å². The van der Waals surface area contributed by atoms with Crippen molar-refractivity contribution in [3.8, 4) is 12.3 Å². The SMILES string of the molecule is C#C[C@@H](Cc1cc2ccccc2s1)O[Si](C)(C)C(C)(C)C. The lowest BCUT2D eigenvalue weighted by Crippen LogP contribution is -2.44. The molecule has 2 aromatic rings. The van der Waals surface area contributed by atoms with Gasteiger partial charge in [-0.3, -0.25) is 0 Å². The Kier molecular flexibility index (Phi) is 4.62. The zero-order chi connectivity index (χ0) is 15.7. The second kappa shape index (κ2) is 5.96. The maximum Gasteiger partial charge on any atom is 0.193 e. The molecule has 0 saturated heterocycles. The van der Waals surface area contributed by atoms with E-state index < -0.39 is 8.32 Å². The van der Waals surface area contributed by atoms with Gasteiger partial charge >= 0.3 is 0 Å². The van der Waals surface area contributed by atoms with Gasteiger partial charge in [-0.05, 0) is 35.7 Å². The van der Waals surface area contributed by atoms with Gasteiger partial charge in [0.15, 0.2) is 8.32 Å². The molecule has 1 aromatic heterocycles. The molecule has 21 heavy (non-hydrogen) atoms. The molecule has 1 atom stereocenters. The van der Waals surface area contributed by atoms with Gasteiger partial charge in [0.1, 0.15) is 6.10 Å². The molecule has 3 heteroatoms. The maximum absolute atomic E-state index is 6.36. The molecule has 112 valence electrons. The normalized spacial score (nSPS) is 14.1. The average molecular weight is 317 g/mol. The predicted octanol–water partition coefficient (Wildman–Crippen LogP) is 5.47. The number of thiophene rings is 1. The standard InChI is InChI=1S/C18H24OSSi/c1-7-15(19-21(5,6)18(2,3)4)13-16-12-14-10-8-9-11-17(14)20-16/h1,8-12,15H,13H2,2-6H3/t15-/m0/s1. The molecule has 1 heterocycles. The number of hydrogen-bond acceptors (Lipinski definition) is 2. The Hall–Kier alpha value is -1.08. The number of terminal acetylenes is 1. The first-order chi connectivity index (χ1) is 9.73. The van der Waals surface area contributed by atoms with Crippen LogP contribution in [0.4, 0.5) is 0 Å². The third-order valence-corrected chi connectivity index (χ3v) is 9.92. The third kappa shape index (κ3) is 3.77. The van der Waals surface area contributed by atoms with Gasteiger partial charge in [0, 0.05) is 16.0 Å². The highest BCUT2D eigenvalue weighted by molar-refractivity contribution is 7.19. The Balaban J connectivity index is 2.14. The molecule has 0 bridgehead atoms. The molecule has 0 N–H and O–H groups in total. The van der Waals surface area contributed by atoms with E-state index in [-0.39, 0.29) is 11.1 Å². The Bertz CT molecular complexity index is 625. The van der Waals surface area contributed by atoms with Crippen LogP contribution in [0.3, 0.4) is 0 Å². The van der Waals surface area contributed by atoms with E-state index in [1.54, 1.807) is 0 Å². The van der Waals surface area contributed by atoms with Gasteiger partial charge in [0.2, 0.25) is 0 Å². The molecule has 1 nitrogen and oxygen atoms in total. The summed E-state index contributed by atoms with van der Waals surface area (Å²) >= 11 is 1.81. The zero-order valence-electron chi connectivity index (χ0n) is 13.6. The second-order valence-electron chi connectivity index (χ2n) is 6.99. The van der Waals surface area contributed by atoms with Crippen LogP contribution in [0.25, 0.3) is 10.1 Å². The molecular weight excluding hydrogens is 292 g/mol. The van der Waals surface area contributed by atoms with Crippen LogP contribution in [0.1, 0.15) is 25.6 Å². The second-order valence-corrected chi connectivity index (χ2v) is 12.9. The smallest absolute Gasteiger partial charge is 0.193 e. The van der Waals surface area contributed by atoms with Gasteiger partial charge < -0.3 is 4.43 Å². The van der Waals surface area contributed by atoms with Crippen molar-refractivity contribution >= 4 is 29.7 Å². The zero-order valence-corrected chi connectivity index (χ0v) is 15.4. The molecule has 1 aromatic carbocycles. The molecule has 0 amide bonds. The largest absolute Gasteiger partial charge is 0.403 e. The van der Waals surface area contributed by atoms with Crippen LogP contribution < -0.4 is 0 Å². The van der Waals surface area contributed by atoms with E-state index in [0.717, 1.165) is 6.42 Å². The molecule has 0 fully saturated rings. The molecule has 0 aliphatic carbocycles. The number of benzene rings is 1. The fraction of sp³-hybridized carbons (Fsp3) is 0.444. The van der Waals surface area contributed by atoms with E-state index >= 15 is 0 Å². The van der Waals surface area contributed by atoms with E-state index in [4.69, 9.17) is 10.8 Å². The molecular formula is C18H24OSSi. The molecule has 2 rings (SSSR count). The lowest BCUT2D eigenvalue weighted by Gasteiger charge is -2.38. The summed E-state index contributed by atoms with van der Waals surface area (Å²) in [4.78, 5) is 1.30. The topological polar surface area (TPSA) is 9.23 Å². The van der Waals surface area contributed by atoms with Gasteiger partial charge in [-0.2, -0.15) is 0 Å². The van der Waals surface area contributed by atoms with Crippen molar-refractivity contribution < 1.29 is 4.43 Å². The fourth-order valence-electron chi connectivity index (χ4n) is 1.99. The number of hydrogen-bond donors (Lipinski definition) is 0. The summed E-state index contributed by atoms with van der Waals surface area (Å²) < 4.78 is 7.68. The molecule has 0 unspecified atom stereocenters. The minimum Gasteiger partial charge on any atom is -0.403 e. The first kappa shape index (κ1) is 16.3. The van der Waals surface area contributed by atoms with Gasteiger partial charge in [-0.25, -0.2) is 0 Å². The third-order valence-electron chi connectivity index (χ3n) is 4.29. The lowest BCUT2D eigenvalue weighted by molar-refractivity contribution is 0.235. The van der Waals surface area contributed by atoms with Crippen molar-refractivity contribution in [1.82, 2.24) is 0 Å². The van der Waals surface area contributed by atoms with Crippen molar-refractivity contribution in [1.29, 1.82) is 0 Å². The molecule has 0 aliphatic rings. The molecule has 0 saturated carbocycles. The highest BCUT2D eigenvalue weighted by atomic mass is 32.1. The molecule has 0 aliphatic heterocycles. The van der Waals surface area contributed by atoms with E-state index in [9.17, 15) is 0 Å². The lowest BCUT2D eigenvalue weighted by atomic mass is 10.2. The summed E-state index contributed by atoms with van der Waals surface area (Å²) in [6.07, 6.45) is 6.40. The summed E-state index contributed by atoms with van der Waals surface area (Å²) in [5.41, 5.74) is 0. The minimum absolute atomic E-state index is 0.126. The van der Waals surface area contributed by atoms with Crippen molar-refractivity contribution in [2.75, 3.05) is 0 Å². The maximum atomic E-state index is 6.36. The van der Waals surface area contributed by atoms with Crippen LogP contribution in [0.5, 0.6) is 0 Å². The average Bonchev–Trinajstić information content (AvgIpc) is 2.78. The van der Waals surface area contributed by atoms with Crippen LogP contribution in [0.15, 0.2) is 30.3 Å². The van der Waals surface area contributed by atoms with Gasteiger partial charge in [0.05, 0.1) is 0 Å². The minimum atomic E-state index is -1.82. The summed E-state index contributed by atoms with van der Waals surface area (Å²) in [6, 6.07) is 10.7. The van der Waals surface area contributed by atoms with Gasteiger partial charge in [0.25, 0.3) is 0 Å². The molecule has 0 radical (unpaired) electrons. The summed E-state index contributed by atoms with van der Waals surface area (Å²) in [5.74, 6) is 2.84. The Morgan fingerprint density at radius 2 is 1.95 bits per heavy atom. The highest BCUT2D eigenvalue weighted by Crippen LogP contribution is 2.38. The molecule has 0 spiro atoms. The number of fused-ring (bicyclic) bond motifs is 1. The van der Waals surface area contributed by atoms with Crippen LogP contribution in [0.2, 0.25) is 18.1 Å². The first-order valence-electron chi connectivity index (χ1n) is 7.34. The summed E-state index contributed by atoms with van der Waals surface area (Å²) in [5, 5.41) is 1.48. The quantitative estimate of drug-likeness (QED) is 0.537. The Morgan fingerprint density at radius 3 is 2.52 bits per heavy atom. The Labute approximate surface area is 133 Å². The van der Waals surface area contributed by atoms with Crippen molar-refractivity contribution in [3.63, 3.8) is 0 Å². The highest BCUT2D eigenvalue weighted by Gasteiger charge is 2.38. The summed E-state index contributed by atoms with van der Waals surface area (Å²) in [7, 11) is -1.82. The van der Waals surface area contributed by atoms with E-state index in [2.05, 4.69) is 70.1 Å². The first-order valence-corrected chi connectivity index (χ1v) is 11.1. The van der Waals surface area contributed by atoms with Crippen molar-refractivity contribution in [2.45, 2.75) is 51.4 Å². The van der Waals surface area contributed by atoms with E-state index in [1.165, 1.54) is 15.0 Å².